The standard InChI is InChI=1S/C12H21ClN2O/c13-6-1-2-12(16)14-8-10-5-7-15(9-10)11-3-4-11/h10-11H,1-9H2,(H,14,16). The maximum atomic E-state index is 11.4. The van der Waals surface area contributed by atoms with Crippen LogP contribution in [0, 0.1) is 5.92 Å². The molecule has 1 aliphatic carbocycles. The zero-order valence-electron chi connectivity index (χ0n) is 9.75. The summed E-state index contributed by atoms with van der Waals surface area (Å²) in [7, 11) is 0. The van der Waals surface area contributed by atoms with Gasteiger partial charge >= 0.3 is 0 Å². The summed E-state index contributed by atoms with van der Waals surface area (Å²) in [6.07, 6.45) is 5.37. The van der Waals surface area contributed by atoms with Crippen molar-refractivity contribution in [2.75, 3.05) is 25.5 Å². The van der Waals surface area contributed by atoms with Crippen molar-refractivity contribution in [1.82, 2.24) is 10.2 Å². The molecule has 1 amide bonds. The molecule has 1 unspecified atom stereocenters. The molecule has 4 heteroatoms. The van der Waals surface area contributed by atoms with Crippen LogP contribution in [0.1, 0.15) is 32.1 Å². The Labute approximate surface area is 103 Å². The Bertz CT molecular complexity index is 243. The van der Waals surface area contributed by atoms with Gasteiger partial charge in [0, 0.05) is 31.4 Å². The minimum absolute atomic E-state index is 0.158. The molecule has 1 N–H and O–H groups in total. The molecule has 1 saturated carbocycles. The molecule has 1 heterocycles. The molecular weight excluding hydrogens is 224 g/mol. The second-order valence-corrected chi connectivity index (χ2v) is 5.36. The van der Waals surface area contributed by atoms with Gasteiger partial charge in [0.2, 0.25) is 5.91 Å². The molecule has 0 spiro atoms. The zero-order chi connectivity index (χ0) is 11.4. The molecule has 0 radical (unpaired) electrons. The van der Waals surface area contributed by atoms with Crippen LogP contribution in [-0.2, 0) is 4.79 Å². The number of hydrogen-bond acceptors (Lipinski definition) is 2. The van der Waals surface area contributed by atoms with E-state index >= 15 is 0 Å². The van der Waals surface area contributed by atoms with E-state index in [-0.39, 0.29) is 5.91 Å². The van der Waals surface area contributed by atoms with Crippen molar-refractivity contribution >= 4 is 17.5 Å². The van der Waals surface area contributed by atoms with Gasteiger partial charge in [-0.2, -0.15) is 0 Å². The van der Waals surface area contributed by atoms with E-state index in [1.165, 1.54) is 32.4 Å². The van der Waals surface area contributed by atoms with Crippen LogP contribution >= 0.6 is 11.6 Å². The van der Waals surface area contributed by atoms with Crippen LogP contribution < -0.4 is 5.32 Å². The maximum absolute atomic E-state index is 11.4. The molecule has 2 aliphatic rings. The first-order valence-electron chi connectivity index (χ1n) is 6.36. The van der Waals surface area contributed by atoms with Crippen molar-refractivity contribution in [3.05, 3.63) is 0 Å². The zero-order valence-corrected chi connectivity index (χ0v) is 10.5. The molecular formula is C12H21ClN2O. The first-order chi connectivity index (χ1) is 7.79. The van der Waals surface area contributed by atoms with Crippen LogP contribution in [0.5, 0.6) is 0 Å². The van der Waals surface area contributed by atoms with Crippen molar-refractivity contribution in [3.63, 3.8) is 0 Å². The predicted molar refractivity (Wildman–Crippen MR) is 65.7 cm³/mol. The molecule has 0 aromatic carbocycles. The minimum atomic E-state index is 0.158. The van der Waals surface area contributed by atoms with Gasteiger partial charge in [0.25, 0.3) is 0 Å². The van der Waals surface area contributed by atoms with Crippen LogP contribution in [0.4, 0.5) is 0 Å². The third kappa shape index (κ3) is 3.63. The molecule has 92 valence electrons. The van der Waals surface area contributed by atoms with Crippen molar-refractivity contribution in [1.29, 1.82) is 0 Å². The van der Waals surface area contributed by atoms with Crippen LogP contribution in [0.2, 0.25) is 0 Å². The molecule has 16 heavy (non-hydrogen) atoms. The number of rotatable bonds is 6. The Hall–Kier alpha value is -0.280. The third-order valence-corrected chi connectivity index (χ3v) is 3.77. The number of halogens is 1. The van der Waals surface area contributed by atoms with E-state index in [9.17, 15) is 4.79 Å². The minimum Gasteiger partial charge on any atom is -0.356 e. The number of carbonyl (C=O) groups is 1. The van der Waals surface area contributed by atoms with Crippen molar-refractivity contribution in [2.45, 2.75) is 38.1 Å². The molecule has 1 atom stereocenters. The molecule has 0 aromatic heterocycles. The quantitative estimate of drug-likeness (QED) is 0.720. The highest BCUT2D eigenvalue weighted by Crippen LogP contribution is 2.31. The smallest absolute Gasteiger partial charge is 0.220 e. The Kier molecular flexibility index (Phi) is 4.47. The number of hydrogen-bond donors (Lipinski definition) is 1. The van der Waals surface area contributed by atoms with Gasteiger partial charge in [0.1, 0.15) is 0 Å². The topological polar surface area (TPSA) is 32.3 Å². The van der Waals surface area contributed by atoms with Crippen LogP contribution in [0.25, 0.3) is 0 Å². The highest BCUT2D eigenvalue weighted by atomic mass is 35.5. The van der Waals surface area contributed by atoms with Crippen LogP contribution in [0.3, 0.4) is 0 Å². The highest BCUT2D eigenvalue weighted by molar-refractivity contribution is 6.17. The number of nitrogens with one attached hydrogen (secondary N) is 1. The number of likely N-dealkylation sites (tertiary alicyclic amines) is 1. The second kappa shape index (κ2) is 5.87. The van der Waals surface area contributed by atoms with E-state index in [1.54, 1.807) is 0 Å². The number of amides is 1. The van der Waals surface area contributed by atoms with Crippen LogP contribution in [-0.4, -0.2) is 42.4 Å². The van der Waals surface area contributed by atoms with E-state index in [4.69, 9.17) is 11.6 Å². The monoisotopic (exact) mass is 244 g/mol. The lowest BCUT2D eigenvalue weighted by atomic mass is 10.1. The maximum Gasteiger partial charge on any atom is 0.220 e. The van der Waals surface area contributed by atoms with Gasteiger partial charge in [-0.3, -0.25) is 4.79 Å². The molecule has 0 bridgehead atoms. The highest BCUT2D eigenvalue weighted by Gasteiger charge is 2.34. The average Bonchev–Trinajstić information content (AvgIpc) is 3.03. The van der Waals surface area contributed by atoms with E-state index in [0.29, 0.717) is 18.2 Å². The van der Waals surface area contributed by atoms with Gasteiger partial charge in [0.15, 0.2) is 0 Å². The number of alkyl halides is 1. The van der Waals surface area contributed by atoms with Gasteiger partial charge in [-0.15, -0.1) is 11.6 Å². The lowest BCUT2D eigenvalue weighted by molar-refractivity contribution is -0.121. The van der Waals surface area contributed by atoms with E-state index in [1.807, 2.05) is 0 Å². The summed E-state index contributed by atoms with van der Waals surface area (Å²) >= 11 is 5.55. The number of nitrogens with zero attached hydrogens (tertiary/aromatic N) is 1. The molecule has 2 rings (SSSR count). The lowest BCUT2D eigenvalue weighted by Gasteiger charge is -2.15. The number of carbonyl (C=O) groups excluding carboxylic acids is 1. The first kappa shape index (κ1) is 12.2. The summed E-state index contributed by atoms with van der Waals surface area (Å²) in [5.41, 5.74) is 0. The van der Waals surface area contributed by atoms with E-state index in [0.717, 1.165) is 19.0 Å². The summed E-state index contributed by atoms with van der Waals surface area (Å²) in [6, 6.07) is 0.872. The summed E-state index contributed by atoms with van der Waals surface area (Å²) in [6.45, 7) is 3.26. The second-order valence-electron chi connectivity index (χ2n) is 4.98. The average molecular weight is 245 g/mol. The summed E-state index contributed by atoms with van der Waals surface area (Å²) in [5, 5.41) is 3.02. The van der Waals surface area contributed by atoms with Gasteiger partial charge in [-0.1, -0.05) is 0 Å². The summed E-state index contributed by atoms with van der Waals surface area (Å²) < 4.78 is 0. The van der Waals surface area contributed by atoms with Gasteiger partial charge < -0.3 is 10.2 Å². The third-order valence-electron chi connectivity index (χ3n) is 3.51. The predicted octanol–water partition coefficient (Wildman–Crippen LogP) is 1.61. The largest absolute Gasteiger partial charge is 0.356 e. The fourth-order valence-electron chi connectivity index (χ4n) is 2.37. The van der Waals surface area contributed by atoms with Gasteiger partial charge in [-0.25, -0.2) is 0 Å². The summed E-state index contributed by atoms with van der Waals surface area (Å²) in [5.74, 6) is 1.40. The molecule has 2 fully saturated rings. The van der Waals surface area contributed by atoms with Crippen molar-refractivity contribution in [2.24, 2.45) is 5.92 Å². The normalized spacial score (nSPS) is 25.9. The van der Waals surface area contributed by atoms with Gasteiger partial charge in [0.05, 0.1) is 0 Å². The Morgan fingerprint density at radius 2 is 2.19 bits per heavy atom. The van der Waals surface area contributed by atoms with Crippen LogP contribution in [0.15, 0.2) is 0 Å². The SMILES string of the molecule is O=C(CCCCl)NCC1CCN(C2CC2)C1. The van der Waals surface area contributed by atoms with Crippen molar-refractivity contribution in [3.8, 4) is 0 Å². The van der Waals surface area contributed by atoms with Crippen molar-refractivity contribution < 1.29 is 4.79 Å². The summed E-state index contributed by atoms with van der Waals surface area (Å²) in [4.78, 5) is 14.0. The Morgan fingerprint density at radius 1 is 1.38 bits per heavy atom. The Morgan fingerprint density at radius 3 is 2.88 bits per heavy atom. The first-order valence-corrected chi connectivity index (χ1v) is 6.89. The van der Waals surface area contributed by atoms with Gasteiger partial charge in [-0.05, 0) is 38.1 Å². The van der Waals surface area contributed by atoms with E-state index in [2.05, 4.69) is 10.2 Å². The molecule has 3 nitrogen and oxygen atoms in total. The Balaban J connectivity index is 1.58. The molecule has 0 aromatic rings. The molecule has 1 aliphatic heterocycles. The lowest BCUT2D eigenvalue weighted by Crippen LogP contribution is -2.31. The van der Waals surface area contributed by atoms with E-state index < -0.39 is 0 Å². The fourth-order valence-corrected chi connectivity index (χ4v) is 2.51. The molecule has 1 saturated heterocycles. The fraction of sp³-hybridized carbons (Fsp3) is 0.917.